The van der Waals surface area contributed by atoms with Crippen molar-refractivity contribution >= 4 is 7.60 Å². The van der Waals surface area contributed by atoms with Crippen LogP contribution in [0.1, 0.15) is 11.7 Å². The molecule has 0 fully saturated rings. The molecule has 0 aliphatic heterocycles. The number of aliphatic hydroxyl groups is 1. The van der Waals surface area contributed by atoms with Gasteiger partial charge >= 0.3 is 13.4 Å². The van der Waals surface area contributed by atoms with Gasteiger partial charge in [0.15, 0.2) is 6.10 Å². The van der Waals surface area contributed by atoms with Gasteiger partial charge in [0.25, 0.3) is 0 Å². The van der Waals surface area contributed by atoms with E-state index in [0.29, 0.717) is 0 Å². The van der Waals surface area contributed by atoms with Crippen LogP contribution in [0.2, 0.25) is 0 Å². The van der Waals surface area contributed by atoms with E-state index >= 15 is 0 Å². The molecule has 0 bridgehead atoms. The fourth-order valence-corrected chi connectivity index (χ4v) is 2.85. The molecular weight excluding hydrogens is 261 g/mol. The SMILES string of the molecule is COP(=O)(OC)C(C(O)c1ccccc1)[N+](=O)[O-]. The highest BCUT2D eigenvalue weighted by atomic mass is 31.2. The predicted molar refractivity (Wildman–Crippen MR) is 63.8 cm³/mol. The standard InChI is InChI=1S/C10H14NO6P/c1-16-18(15,17-2)10(11(13)14)9(12)8-6-4-3-5-7-8/h3-7,9-10,12H,1-2H3. The Labute approximate surface area is 104 Å². The van der Waals surface area contributed by atoms with Crippen molar-refractivity contribution in [1.82, 2.24) is 0 Å². The van der Waals surface area contributed by atoms with Crippen molar-refractivity contribution in [2.75, 3.05) is 14.2 Å². The lowest BCUT2D eigenvalue weighted by Crippen LogP contribution is -2.28. The number of aliphatic hydroxyl groups excluding tert-OH is 1. The lowest BCUT2D eigenvalue weighted by molar-refractivity contribution is -0.513. The van der Waals surface area contributed by atoms with Gasteiger partial charge in [-0.05, 0) is 5.56 Å². The van der Waals surface area contributed by atoms with Gasteiger partial charge in [-0.1, -0.05) is 30.3 Å². The molecule has 0 saturated heterocycles. The molecule has 2 unspecified atom stereocenters. The third-order valence-corrected chi connectivity index (χ3v) is 4.61. The number of nitro groups is 1. The van der Waals surface area contributed by atoms with E-state index in [9.17, 15) is 19.8 Å². The Morgan fingerprint density at radius 3 is 2.17 bits per heavy atom. The Hall–Kier alpha value is -1.27. The Morgan fingerprint density at radius 1 is 1.28 bits per heavy atom. The predicted octanol–water partition coefficient (Wildman–Crippen LogP) is 1.81. The fraction of sp³-hybridized carbons (Fsp3) is 0.400. The van der Waals surface area contributed by atoms with E-state index in [1.54, 1.807) is 18.2 Å². The number of hydrogen-bond donors (Lipinski definition) is 1. The van der Waals surface area contributed by atoms with Crippen molar-refractivity contribution in [1.29, 1.82) is 0 Å². The van der Waals surface area contributed by atoms with Gasteiger partial charge in [0.1, 0.15) is 0 Å². The third-order valence-electron chi connectivity index (χ3n) is 2.47. The summed E-state index contributed by atoms with van der Waals surface area (Å²) in [7, 11) is -1.94. The van der Waals surface area contributed by atoms with Crippen molar-refractivity contribution in [3.8, 4) is 0 Å². The van der Waals surface area contributed by atoms with Gasteiger partial charge in [0.2, 0.25) is 0 Å². The molecule has 18 heavy (non-hydrogen) atoms. The number of benzene rings is 1. The summed E-state index contributed by atoms with van der Waals surface area (Å²) in [6.07, 6.45) is -1.58. The monoisotopic (exact) mass is 275 g/mol. The Kier molecular flexibility index (Phi) is 4.98. The van der Waals surface area contributed by atoms with Crippen molar-refractivity contribution in [3.05, 3.63) is 46.0 Å². The highest BCUT2D eigenvalue weighted by Crippen LogP contribution is 2.55. The molecule has 0 amide bonds. The minimum absolute atomic E-state index is 0.272. The van der Waals surface area contributed by atoms with E-state index in [0.717, 1.165) is 14.2 Å². The molecule has 0 heterocycles. The highest BCUT2D eigenvalue weighted by molar-refractivity contribution is 7.54. The topological polar surface area (TPSA) is 98.9 Å². The second-order valence-corrected chi connectivity index (χ2v) is 5.80. The van der Waals surface area contributed by atoms with Crippen LogP contribution in [0.3, 0.4) is 0 Å². The number of nitrogens with zero attached hydrogens (tertiary/aromatic N) is 1. The number of hydrogen-bond acceptors (Lipinski definition) is 6. The molecule has 2 atom stereocenters. The highest BCUT2D eigenvalue weighted by Gasteiger charge is 2.50. The van der Waals surface area contributed by atoms with Crippen molar-refractivity contribution in [2.24, 2.45) is 0 Å². The zero-order valence-corrected chi connectivity index (χ0v) is 10.8. The summed E-state index contributed by atoms with van der Waals surface area (Å²) in [5, 5.41) is 21.0. The average molecular weight is 275 g/mol. The maximum atomic E-state index is 12.1. The van der Waals surface area contributed by atoms with Crippen molar-refractivity contribution in [3.63, 3.8) is 0 Å². The van der Waals surface area contributed by atoms with Gasteiger partial charge in [-0.2, -0.15) is 0 Å². The molecule has 0 aliphatic carbocycles. The van der Waals surface area contributed by atoms with Crippen molar-refractivity contribution < 1.29 is 23.6 Å². The van der Waals surface area contributed by atoms with Gasteiger partial charge in [-0.3, -0.25) is 14.7 Å². The van der Waals surface area contributed by atoms with Gasteiger partial charge < -0.3 is 14.2 Å². The molecule has 0 aromatic heterocycles. The quantitative estimate of drug-likeness (QED) is 0.483. The van der Waals surface area contributed by atoms with Gasteiger partial charge in [-0.25, -0.2) is 0 Å². The fourth-order valence-electron chi connectivity index (χ4n) is 1.52. The smallest absolute Gasteiger partial charge is 0.380 e. The zero-order chi connectivity index (χ0) is 13.8. The Balaban J connectivity index is 3.15. The molecule has 0 radical (unpaired) electrons. The van der Waals surface area contributed by atoms with Gasteiger partial charge in [-0.15, -0.1) is 0 Å². The molecule has 0 saturated carbocycles. The molecule has 1 rings (SSSR count). The van der Waals surface area contributed by atoms with Crippen LogP contribution >= 0.6 is 7.60 Å². The van der Waals surface area contributed by atoms with Gasteiger partial charge in [0.05, 0.1) is 0 Å². The first-order chi connectivity index (χ1) is 8.46. The normalized spacial score (nSPS) is 15.1. The molecule has 1 aromatic carbocycles. The lowest BCUT2D eigenvalue weighted by atomic mass is 10.1. The molecule has 8 heteroatoms. The van der Waals surface area contributed by atoms with Crippen molar-refractivity contribution in [2.45, 2.75) is 11.9 Å². The minimum atomic E-state index is -4.02. The first-order valence-electron chi connectivity index (χ1n) is 5.04. The summed E-state index contributed by atoms with van der Waals surface area (Å²) in [5.41, 5.74) is 0.272. The molecule has 0 spiro atoms. The van der Waals surface area contributed by atoms with E-state index in [2.05, 4.69) is 9.05 Å². The van der Waals surface area contributed by atoms with Crippen LogP contribution in [-0.2, 0) is 13.6 Å². The molecular formula is C10H14NO6P. The Morgan fingerprint density at radius 2 is 1.78 bits per heavy atom. The van der Waals surface area contributed by atoms with Crippen LogP contribution in [0, 0.1) is 10.1 Å². The van der Waals surface area contributed by atoms with Crippen LogP contribution in [0.4, 0.5) is 0 Å². The molecule has 7 nitrogen and oxygen atoms in total. The van der Waals surface area contributed by atoms with E-state index < -0.39 is 24.4 Å². The van der Waals surface area contributed by atoms with E-state index in [-0.39, 0.29) is 5.56 Å². The average Bonchev–Trinajstić information content (AvgIpc) is 2.39. The largest absolute Gasteiger partial charge is 0.406 e. The van der Waals surface area contributed by atoms with Crippen LogP contribution in [0.15, 0.2) is 30.3 Å². The second-order valence-electron chi connectivity index (χ2n) is 3.46. The van der Waals surface area contributed by atoms with E-state index in [1.807, 2.05) is 0 Å². The summed E-state index contributed by atoms with van der Waals surface area (Å²) < 4.78 is 21.2. The van der Waals surface area contributed by atoms with Crippen LogP contribution in [-0.4, -0.2) is 30.0 Å². The first kappa shape index (κ1) is 14.8. The number of rotatable bonds is 6. The summed E-state index contributed by atoms with van der Waals surface area (Å²) in [6, 6.07) is 7.91. The summed E-state index contributed by atoms with van der Waals surface area (Å²) in [5.74, 6) is -1.87. The maximum Gasteiger partial charge on any atom is 0.406 e. The van der Waals surface area contributed by atoms with E-state index in [1.165, 1.54) is 12.1 Å². The van der Waals surface area contributed by atoms with Crippen LogP contribution in [0.5, 0.6) is 0 Å². The molecule has 100 valence electrons. The molecule has 1 aromatic rings. The first-order valence-corrected chi connectivity index (χ1v) is 6.65. The minimum Gasteiger partial charge on any atom is -0.380 e. The zero-order valence-electron chi connectivity index (χ0n) is 9.92. The van der Waals surface area contributed by atoms with Crippen LogP contribution in [0.25, 0.3) is 0 Å². The second kappa shape index (κ2) is 6.06. The van der Waals surface area contributed by atoms with Gasteiger partial charge in [0, 0.05) is 19.1 Å². The lowest BCUT2D eigenvalue weighted by Gasteiger charge is -2.21. The maximum absolute atomic E-state index is 12.1. The van der Waals surface area contributed by atoms with E-state index in [4.69, 9.17) is 0 Å². The van der Waals surface area contributed by atoms with Crippen LogP contribution < -0.4 is 0 Å². The summed E-state index contributed by atoms with van der Waals surface area (Å²) in [6.45, 7) is 0. The molecule has 0 aliphatic rings. The third kappa shape index (κ3) is 2.94. The Bertz CT molecular complexity index is 443. The summed E-state index contributed by atoms with van der Waals surface area (Å²) >= 11 is 0. The summed E-state index contributed by atoms with van der Waals surface area (Å²) in [4.78, 5) is 10.1. The molecule has 1 N–H and O–H groups in total.